The molecule has 0 saturated heterocycles. The highest BCUT2D eigenvalue weighted by Gasteiger charge is 2.10. The Kier molecular flexibility index (Phi) is 6.03. The summed E-state index contributed by atoms with van der Waals surface area (Å²) in [6, 6.07) is 13.0. The van der Waals surface area contributed by atoms with E-state index in [1.807, 2.05) is 24.3 Å². The van der Waals surface area contributed by atoms with Crippen LogP contribution < -0.4 is 10.0 Å². The molecule has 1 aromatic heterocycles. The molecular formula is C18H19N3O3S3. The quantitative estimate of drug-likeness (QED) is 0.564. The number of aryl methyl sites for hydroxylation is 1. The summed E-state index contributed by atoms with van der Waals surface area (Å²) < 4.78 is 26.7. The van der Waals surface area contributed by atoms with Gasteiger partial charge in [-0.2, -0.15) is 0 Å². The Morgan fingerprint density at radius 3 is 2.52 bits per heavy atom. The van der Waals surface area contributed by atoms with Gasteiger partial charge in [0.25, 0.3) is 0 Å². The first kappa shape index (κ1) is 19.7. The lowest BCUT2D eigenvalue weighted by molar-refractivity contribution is -0.113. The maximum atomic E-state index is 12.1. The number of benzene rings is 2. The number of fused-ring (bicyclic) bond motifs is 1. The van der Waals surface area contributed by atoms with Gasteiger partial charge in [-0.1, -0.05) is 30.8 Å². The van der Waals surface area contributed by atoms with Crippen LogP contribution in [0.1, 0.15) is 12.5 Å². The number of nitrogens with one attached hydrogen (secondary N) is 2. The number of sulfonamides is 1. The van der Waals surface area contributed by atoms with E-state index in [2.05, 4.69) is 21.9 Å². The molecule has 0 unspecified atom stereocenters. The lowest BCUT2D eigenvalue weighted by atomic mass is 10.1. The van der Waals surface area contributed by atoms with Crippen LogP contribution in [0.2, 0.25) is 0 Å². The van der Waals surface area contributed by atoms with E-state index in [-0.39, 0.29) is 11.7 Å². The number of anilines is 2. The number of hydrogen-bond acceptors (Lipinski definition) is 6. The standard InChI is InChI=1S/C18H19N3O3S3/c1-3-12-4-6-13(7-5-12)19-17(22)11-25-18-20-15-9-8-14(10-16(15)26-18)21-27(2,23)24/h4-10,21H,3,11H2,1-2H3,(H,19,22). The topological polar surface area (TPSA) is 88.2 Å². The Hall–Kier alpha value is -2.10. The van der Waals surface area contributed by atoms with Crippen LogP contribution in [0.5, 0.6) is 0 Å². The summed E-state index contributed by atoms with van der Waals surface area (Å²) in [5.74, 6) is 0.159. The van der Waals surface area contributed by atoms with Gasteiger partial charge >= 0.3 is 0 Å². The van der Waals surface area contributed by atoms with Crippen LogP contribution in [0, 0.1) is 0 Å². The van der Waals surface area contributed by atoms with Crippen molar-refractivity contribution in [1.29, 1.82) is 0 Å². The van der Waals surface area contributed by atoms with Gasteiger partial charge in [0.2, 0.25) is 15.9 Å². The van der Waals surface area contributed by atoms with Gasteiger partial charge < -0.3 is 5.32 Å². The fraction of sp³-hybridized carbons (Fsp3) is 0.222. The first-order chi connectivity index (χ1) is 12.8. The number of rotatable bonds is 7. The molecule has 9 heteroatoms. The zero-order valence-corrected chi connectivity index (χ0v) is 17.3. The third-order valence-electron chi connectivity index (χ3n) is 3.64. The molecule has 1 amide bonds. The zero-order chi connectivity index (χ0) is 19.4. The maximum Gasteiger partial charge on any atom is 0.234 e. The molecule has 2 aromatic carbocycles. The molecule has 142 valence electrons. The second kappa shape index (κ2) is 8.28. The van der Waals surface area contributed by atoms with E-state index in [0.717, 1.165) is 32.9 Å². The molecule has 3 rings (SSSR count). The van der Waals surface area contributed by atoms with Crippen molar-refractivity contribution in [2.75, 3.05) is 22.0 Å². The summed E-state index contributed by atoms with van der Waals surface area (Å²) in [4.78, 5) is 16.6. The van der Waals surface area contributed by atoms with Crippen molar-refractivity contribution in [3.63, 3.8) is 0 Å². The van der Waals surface area contributed by atoms with Gasteiger partial charge in [0.15, 0.2) is 4.34 Å². The van der Waals surface area contributed by atoms with E-state index in [4.69, 9.17) is 0 Å². The van der Waals surface area contributed by atoms with Crippen LogP contribution in [0.15, 0.2) is 46.8 Å². The molecule has 0 saturated carbocycles. The van der Waals surface area contributed by atoms with Gasteiger partial charge in [0.05, 0.1) is 27.9 Å². The molecule has 2 N–H and O–H groups in total. The molecule has 0 fully saturated rings. The minimum absolute atomic E-state index is 0.0945. The number of hydrogen-bond donors (Lipinski definition) is 2. The van der Waals surface area contributed by atoms with Crippen LogP contribution in [0.25, 0.3) is 10.2 Å². The van der Waals surface area contributed by atoms with Crippen LogP contribution >= 0.6 is 23.1 Å². The van der Waals surface area contributed by atoms with Crippen LogP contribution in [-0.2, 0) is 21.2 Å². The summed E-state index contributed by atoms with van der Waals surface area (Å²) in [5.41, 5.74) is 3.27. The summed E-state index contributed by atoms with van der Waals surface area (Å²) >= 11 is 2.78. The van der Waals surface area contributed by atoms with E-state index in [0.29, 0.717) is 5.69 Å². The van der Waals surface area contributed by atoms with Crippen molar-refractivity contribution >= 4 is 60.6 Å². The van der Waals surface area contributed by atoms with E-state index in [1.54, 1.807) is 18.2 Å². The summed E-state index contributed by atoms with van der Waals surface area (Å²) in [5, 5.41) is 2.87. The highest BCUT2D eigenvalue weighted by molar-refractivity contribution is 8.01. The van der Waals surface area contributed by atoms with E-state index in [9.17, 15) is 13.2 Å². The van der Waals surface area contributed by atoms with E-state index < -0.39 is 10.0 Å². The lowest BCUT2D eigenvalue weighted by Gasteiger charge is -2.05. The number of carbonyl (C=O) groups excluding carboxylic acids is 1. The molecule has 3 aromatic rings. The Morgan fingerprint density at radius 2 is 1.85 bits per heavy atom. The largest absolute Gasteiger partial charge is 0.325 e. The molecular weight excluding hydrogens is 402 g/mol. The Morgan fingerprint density at radius 1 is 1.15 bits per heavy atom. The number of aromatic nitrogens is 1. The smallest absolute Gasteiger partial charge is 0.234 e. The highest BCUT2D eigenvalue weighted by Crippen LogP contribution is 2.31. The number of thiazole rings is 1. The summed E-state index contributed by atoms with van der Waals surface area (Å²) in [7, 11) is -3.32. The van der Waals surface area contributed by atoms with Crippen LogP contribution in [-0.4, -0.2) is 31.3 Å². The predicted octanol–water partition coefficient (Wildman–Crippen LogP) is 3.96. The summed E-state index contributed by atoms with van der Waals surface area (Å²) in [6.45, 7) is 2.09. The molecule has 0 spiro atoms. The monoisotopic (exact) mass is 421 g/mol. The van der Waals surface area contributed by atoms with Gasteiger partial charge in [-0.3, -0.25) is 9.52 Å². The third-order valence-corrected chi connectivity index (χ3v) is 6.41. The van der Waals surface area contributed by atoms with E-state index >= 15 is 0 Å². The fourth-order valence-corrected chi connectivity index (χ4v) is 4.85. The van der Waals surface area contributed by atoms with Crippen molar-refractivity contribution < 1.29 is 13.2 Å². The molecule has 0 radical (unpaired) electrons. The highest BCUT2D eigenvalue weighted by atomic mass is 32.2. The fourth-order valence-electron chi connectivity index (χ4n) is 2.39. The Balaban J connectivity index is 1.61. The first-order valence-corrected chi connectivity index (χ1v) is 11.9. The molecule has 0 atom stereocenters. The second-order valence-corrected chi connectivity index (χ2v) is 9.93. The molecule has 0 aliphatic carbocycles. The minimum Gasteiger partial charge on any atom is -0.325 e. The number of thioether (sulfide) groups is 1. The van der Waals surface area contributed by atoms with Crippen LogP contribution in [0.3, 0.4) is 0 Å². The minimum atomic E-state index is -3.32. The van der Waals surface area contributed by atoms with Crippen molar-refractivity contribution in [2.24, 2.45) is 0 Å². The lowest BCUT2D eigenvalue weighted by Crippen LogP contribution is -2.13. The summed E-state index contributed by atoms with van der Waals surface area (Å²) in [6.07, 6.45) is 2.07. The predicted molar refractivity (Wildman–Crippen MR) is 113 cm³/mol. The molecule has 0 aliphatic rings. The number of carbonyl (C=O) groups is 1. The molecule has 27 heavy (non-hydrogen) atoms. The SMILES string of the molecule is CCc1ccc(NC(=O)CSc2nc3ccc(NS(C)(=O)=O)cc3s2)cc1. The van der Waals surface area contributed by atoms with Gasteiger partial charge in [0, 0.05) is 5.69 Å². The average Bonchev–Trinajstić information content (AvgIpc) is 3.01. The number of nitrogens with zero attached hydrogens (tertiary/aromatic N) is 1. The van der Waals surface area contributed by atoms with Crippen molar-refractivity contribution in [1.82, 2.24) is 4.98 Å². The van der Waals surface area contributed by atoms with Gasteiger partial charge in [-0.15, -0.1) is 11.3 Å². The van der Waals surface area contributed by atoms with Gasteiger partial charge in [-0.25, -0.2) is 13.4 Å². The third kappa shape index (κ3) is 5.69. The normalized spacial score (nSPS) is 11.5. The van der Waals surface area contributed by atoms with Gasteiger partial charge in [-0.05, 0) is 42.3 Å². The molecule has 0 aliphatic heterocycles. The van der Waals surface area contributed by atoms with Crippen molar-refractivity contribution in [2.45, 2.75) is 17.7 Å². The Bertz CT molecular complexity index is 1060. The van der Waals surface area contributed by atoms with Crippen molar-refractivity contribution in [3.8, 4) is 0 Å². The molecule has 1 heterocycles. The molecule has 6 nitrogen and oxygen atoms in total. The van der Waals surface area contributed by atoms with Crippen molar-refractivity contribution in [3.05, 3.63) is 48.0 Å². The van der Waals surface area contributed by atoms with Crippen LogP contribution in [0.4, 0.5) is 11.4 Å². The first-order valence-electron chi connectivity index (χ1n) is 8.22. The Labute approximate surface area is 166 Å². The molecule has 0 bridgehead atoms. The zero-order valence-electron chi connectivity index (χ0n) is 14.9. The second-order valence-electron chi connectivity index (χ2n) is 5.92. The van der Waals surface area contributed by atoms with E-state index in [1.165, 1.54) is 28.7 Å². The maximum absolute atomic E-state index is 12.1. The average molecular weight is 422 g/mol. The number of amides is 1. The van der Waals surface area contributed by atoms with Gasteiger partial charge in [0.1, 0.15) is 0 Å².